The number of fused-ring (bicyclic) bond motifs is 1. The predicted octanol–water partition coefficient (Wildman–Crippen LogP) is 3.35. The van der Waals surface area contributed by atoms with Gasteiger partial charge in [-0.2, -0.15) is 0 Å². The number of nitrogens with one attached hydrogen (secondary N) is 1. The van der Waals surface area contributed by atoms with Crippen LogP contribution in [0.2, 0.25) is 0 Å². The molecule has 1 aromatic rings. The van der Waals surface area contributed by atoms with Crippen molar-refractivity contribution < 1.29 is 23.9 Å². The Morgan fingerprint density at radius 1 is 1.11 bits per heavy atom. The van der Waals surface area contributed by atoms with Crippen molar-refractivity contribution in [3.8, 4) is 0 Å². The largest absolute Gasteiger partial charge is 0.444 e. The standard InChI is InChI=1S/C28H40N4O5/c1-27(2,3)37-26(36)31-15-11-28(12-16-31)9-13-30(14-10-28)21-5-7-23-20(17-21)18-32(25(23)35)22(19-33)6-8-24(34)29-4/h5,7,17,19,22H,6,8-16,18H2,1-4H3,(H,29,34). The molecule has 3 heterocycles. The first-order chi connectivity index (χ1) is 17.5. The molecule has 1 atom stereocenters. The quantitative estimate of drug-likeness (QED) is 0.587. The van der Waals surface area contributed by atoms with Gasteiger partial charge in [0.1, 0.15) is 11.9 Å². The molecular weight excluding hydrogens is 472 g/mol. The van der Waals surface area contributed by atoms with Crippen LogP contribution in [0, 0.1) is 5.41 Å². The van der Waals surface area contributed by atoms with Gasteiger partial charge in [0, 0.05) is 57.4 Å². The fraction of sp³-hybridized carbons (Fsp3) is 0.643. The van der Waals surface area contributed by atoms with Gasteiger partial charge in [-0.15, -0.1) is 0 Å². The monoisotopic (exact) mass is 512 g/mol. The maximum atomic E-state index is 13.0. The lowest BCUT2D eigenvalue weighted by atomic mass is 9.71. The lowest BCUT2D eigenvalue weighted by molar-refractivity contribution is -0.121. The van der Waals surface area contributed by atoms with Crippen LogP contribution in [-0.4, -0.2) is 78.9 Å². The van der Waals surface area contributed by atoms with Crippen LogP contribution in [0.4, 0.5) is 10.5 Å². The Morgan fingerprint density at radius 2 is 1.76 bits per heavy atom. The first-order valence-corrected chi connectivity index (χ1v) is 13.4. The number of aldehydes is 1. The Balaban J connectivity index is 1.33. The van der Waals surface area contributed by atoms with Crippen molar-refractivity contribution in [2.45, 2.75) is 77.5 Å². The highest BCUT2D eigenvalue weighted by atomic mass is 16.6. The number of likely N-dealkylation sites (tertiary alicyclic amines) is 1. The Morgan fingerprint density at radius 3 is 2.35 bits per heavy atom. The second-order valence-corrected chi connectivity index (χ2v) is 11.6. The number of carbonyl (C=O) groups excluding carboxylic acids is 4. The van der Waals surface area contributed by atoms with Gasteiger partial charge >= 0.3 is 6.09 Å². The van der Waals surface area contributed by atoms with Gasteiger partial charge in [0.05, 0.1) is 6.04 Å². The van der Waals surface area contributed by atoms with E-state index in [1.165, 1.54) is 0 Å². The third kappa shape index (κ3) is 6.08. The average molecular weight is 513 g/mol. The molecule has 3 amide bonds. The zero-order valence-electron chi connectivity index (χ0n) is 22.5. The number of ether oxygens (including phenoxy) is 1. The summed E-state index contributed by atoms with van der Waals surface area (Å²) in [6, 6.07) is 5.35. The summed E-state index contributed by atoms with van der Waals surface area (Å²) in [5.41, 5.74) is 2.45. The lowest BCUT2D eigenvalue weighted by Gasteiger charge is -2.47. The van der Waals surface area contributed by atoms with Crippen LogP contribution in [0.25, 0.3) is 0 Å². The van der Waals surface area contributed by atoms with Gasteiger partial charge in [-0.1, -0.05) is 0 Å². The molecule has 2 saturated heterocycles. The highest BCUT2D eigenvalue weighted by Gasteiger charge is 2.40. The molecule has 1 N–H and O–H groups in total. The Kier molecular flexibility index (Phi) is 7.80. The molecule has 9 nitrogen and oxygen atoms in total. The van der Waals surface area contributed by atoms with Crippen LogP contribution in [0.5, 0.6) is 0 Å². The van der Waals surface area contributed by atoms with Gasteiger partial charge in [0.15, 0.2) is 0 Å². The van der Waals surface area contributed by atoms with Crippen molar-refractivity contribution in [1.82, 2.24) is 15.1 Å². The van der Waals surface area contributed by atoms with E-state index in [1.54, 1.807) is 11.9 Å². The van der Waals surface area contributed by atoms with Gasteiger partial charge in [0.2, 0.25) is 5.91 Å². The van der Waals surface area contributed by atoms with Crippen molar-refractivity contribution >= 4 is 29.9 Å². The summed E-state index contributed by atoms with van der Waals surface area (Å²) in [4.78, 5) is 54.5. The number of nitrogens with zero attached hydrogens (tertiary/aromatic N) is 3. The SMILES string of the molecule is CNC(=O)CCC(C=O)N1Cc2cc(N3CCC4(CCN(C(=O)OC(C)(C)C)CC4)CC3)ccc2C1=O. The van der Waals surface area contributed by atoms with Crippen molar-refractivity contribution in [3.63, 3.8) is 0 Å². The van der Waals surface area contributed by atoms with E-state index in [0.29, 0.717) is 18.5 Å². The van der Waals surface area contributed by atoms with Crippen LogP contribution in [0.15, 0.2) is 18.2 Å². The molecule has 4 rings (SSSR count). The Hall–Kier alpha value is -3.10. The van der Waals surface area contributed by atoms with E-state index >= 15 is 0 Å². The summed E-state index contributed by atoms with van der Waals surface area (Å²) < 4.78 is 5.54. The smallest absolute Gasteiger partial charge is 0.410 e. The Labute approximate surface area is 219 Å². The number of benzene rings is 1. The molecule has 1 unspecified atom stereocenters. The van der Waals surface area contributed by atoms with E-state index in [-0.39, 0.29) is 29.7 Å². The molecule has 0 bridgehead atoms. The predicted molar refractivity (Wildman–Crippen MR) is 140 cm³/mol. The van der Waals surface area contributed by atoms with Crippen molar-refractivity contribution in [2.24, 2.45) is 5.41 Å². The summed E-state index contributed by atoms with van der Waals surface area (Å²) in [6.07, 6.45) is 5.21. The first-order valence-electron chi connectivity index (χ1n) is 13.4. The normalized spacial score (nSPS) is 20.0. The van der Waals surface area contributed by atoms with E-state index in [0.717, 1.165) is 69.4 Å². The van der Waals surface area contributed by atoms with Gasteiger partial charge in [-0.3, -0.25) is 9.59 Å². The zero-order valence-corrected chi connectivity index (χ0v) is 22.5. The summed E-state index contributed by atoms with van der Waals surface area (Å²) in [5, 5.41) is 2.56. The summed E-state index contributed by atoms with van der Waals surface area (Å²) in [5.74, 6) is -0.290. The maximum absolute atomic E-state index is 13.0. The molecule has 1 spiro atoms. The minimum Gasteiger partial charge on any atom is -0.444 e. The molecule has 37 heavy (non-hydrogen) atoms. The van der Waals surface area contributed by atoms with E-state index in [4.69, 9.17) is 4.74 Å². The first kappa shape index (κ1) is 26.9. The van der Waals surface area contributed by atoms with Gasteiger partial charge in [-0.05, 0) is 82.1 Å². The van der Waals surface area contributed by atoms with Gasteiger partial charge < -0.3 is 29.5 Å². The zero-order chi connectivity index (χ0) is 26.8. The third-order valence-corrected chi connectivity index (χ3v) is 8.09. The fourth-order valence-corrected chi connectivity index (χ4v) is 5.72. The second kappa shape index (κ2) is 10.7. The van der Waals surface area contributed by atoms with Crippen LogP contribution >= 0.6 is 0 Å². The van der Waals surface area contributed by atoms with Crippen molar-refractivity contribution in [2.75, 3.05) is 38.1 Å². The van der Waals surface area contributed by atoms with E-state index in [9.17, 15) is 19.2 Å². The van der Waals surface area contributed by atoms with E-state index in [2.05, 4.69) is 16.3 Å². The molecule has 1 aromatic carbocycles. The molecule has 0 saturated carbocycles. The topological polar surface area (TPSA) is 99.3 Å². The fourth-order valence-electron chi connectivity index (χ4n) is 5.72. The highest BCUT2D eigenvalue weighted by molar-refractivity contribution is 6.00. The number of piperidine rings is 2. The van der Waals surface area contributed by atoms with Crippen LogP contribution in [0.3, 0.4) is 0 Å². The molecule has 0 aromatic heterocycles. The van der Waals surface area contributed by atoms with Gasteiger partial charge in [-0.25, -0.2) is 4.79 Å². The number of hydrogen-bond donors (Lipinski definition) is 1. The second-order valence-electron chi connectivity index (χ2n) is 11.6. The molecule has 3 aliphatic rings. The summed E-state index contributed by atoms with van der Waals surface area (Å²) in [6.45, 7) is 9.42. The van der Waals surface area contributed by atoms with Crippen LogP contribution < -0.4 is 10.2 Å². The van der Waals surface area contributed by atoms with Gasteiger partial charge in [0.25, 0.3) is 5.91 Å². The maximum Gasteiger partial charge on any atom is 0.410 e. The van der Waals surface area contributed by atoms with E-state index < -0.39 is 11.6 Å². The third-order valence-electron chi connectivity index (χ3n) is 8.09. The highest BCUT2D eigenvalue weighted by Crippen LogP contribution is 2.42. The van der Waals surface area contributed by atoms with Crippen LogP contribution in [-0.2, 0) is 20.9 Å². The molecule has 9 heteroatoms. The Bertz CT molecular complexity index is 1030. The summed E-state index contributed by atoms with van der Waals surface area (Å²) >= 11 is 0. The van der Waals surface area contributed by atoms with Crippen molar-refractivity contribution in [1.29, 1.82) is 0 Å². The number of carbonyl (C=O) groups is 4. The summed E-state index contributed by atoms with van der Waals surface area (Å²) in [7, 11) is 1.56. The lowest BCUT2D eigenvalue weighted by Crippen LogP contribution is -2.49. The number of anilines is 1. The van der Waals surface area contributed by atoms with Crippen LogP contribution in [0.1, 0.15) is 75.2 Å². The number of rotatable bonds is 6. The minimum absolute atomic E-state index is 0.142. The molecule has 202 valence electrons. The molecule has 3 aliphatic heterocycles. The average Bonchev–Trinajstić information content (AvgIpc) is 3.19. The van der Waals surface area contributed by atoms with Crippen molar-refractivity contribution in [3.05, 3.63) is 29.3 Å². The molecular formula is C28H40N4O5. The molecule has 0 radical (unpaired) electrons. The molecule has 2 fully saturated rings. The minimum atomic E-state index is -0.609. The van der Waals surface area contributed by atoms with E-state index in [1.807, 2.05) is 37.8 Å². The molecule has 0 aliphatic carbocycles. The number of amides is 3. The number of hydrogen-bond acceptors (Lipinski definition) is 6.